The minimum absolute atomic E-state index is 0.0645. The highest BCUT2D eigenvalue weighted by atomic mass is 32.2. The van der Waals surface area contributed by atoms with Crippen LogP contribution in [-0.2, 0) is 10.0 Å². The van der Waals surface area contributed by atoms with E-state index in [4.69, 9.17) is 0 Å². The number of hydrogen-bond acceptors (Lipinski definition) is 5. The fourth-order valence-corrected chi connectivity index (χ4v) is 6.16. The number of hydrogen-bond donors (Lipinski definition) is 2. The number of nitrogens with zero attached hydrogens (tertiary/aromatic N) is 3. The number of rotatable bonds is 7. The third-order valence-corrected chi connectivity index (χ3v) is 8.00. The summed E-state index contributed by atoms with van der Waals surface area (Å²) in [6.07, 6.45) is 2.20. The van der Waals surface area contributed by atoms with Crippen LogP contribution in [0.25, 0.3) is 0 Å². The third kappa shape index (κ3) is 6.79. The van der Waals surface area contributed by atoms with Crippen LogP contribution in [0.4, 0.5) is 5.69 Å². The van der Waals surface area contributed by atoms with Crippen molar-refractivity contribution in [3.8, 4) is 0 Å². The molecule has 2 N–H and O–H groups in total. The van der Waals surface area contributed by atoms with E-state index in [1.165, 1.54) is 5.69 Å². The predicted octanol–water partition coefficient (Wildman–Crippen LogP) is 1.59. The lowest BCUT2D eigenvalue weighted by Crippen LogP contribution is -2.51. The summed E-state index contributed by atoms with van der Waals surface area (Å²) in [7, 11) is -3.22. The lowest BCUT2D eigenvalue weighted by molar-refractivity contribution is 0.443. The summed E-state index contributed by atoms with van der Waals surface area (Å²) in [5.74, 6) is 2.53. The molecule has 0 radical (unpaired) electrons. The van der Waals surface area contributed by atoms with Gasteiger partial charge in [0.2, 0.25) is 10.0 Å². The van der Waals surface area contributed by atoms with Crippen molar-refractivity contribution in [1.29, 1.82) is 0 Å². The second-order valence-corrected chi connectivity index (χ2v) is 10.7. The summed E-state index contributed by atoms with van der Waals surface area (Å²) < 4.78 is 26.6. The molecule has 9 heteroatoms. The van der Waals surface area contributed by atoms with Gasteiger partial charge in [-0.25, -0.2) is 12.7 Å². The molecular formula is C20H33N5O2S2. The van der Waals surface area contributed by atoms with Crippen molar-refractivity contribution in [2.75, 3.05) is 61.4 Å². The van der Waals surface area contributed by atoms with E-state index >= 15 is 0 Å². The zero-order valence-corrected chi connectivity index (χ0v) is 18.8. The van der Waals surface area contributed by atoms with Crippen molar-refractivity contribution < 1.29 is 8.42 Å². The monoisotopic (exact) mass is 439 g/mol. The molecule has 0 saturated carbocycles. The number of aliphatic imine (C=N–C) groups is 1. The molecule has 7 nitrogen and oxygen atoms in total. The summed E-state index contributed by atoms with van der Waals surface area (Å²) in [4.78, 5) is 6.94. The van der Waals surface area contributed by atoms with Crippen LogP contribution in [0.1, 0.15) is 19.8 Å². The molecule has 2 aliphatic rings. The summed E-state index contributed by atoms with van der Waals surface area (Å²) in [6.45, 7) is 6.25. The van der Waals surface area contributed by atoms with E-state index in [1.54, 1.807) is 4.31 Å². The van der Waals surface area contributed by atoms with E-state index in [0.29, 0.717) is 19.0 Å². The summed E-state index contributed by atoms with van der Waals surface area (Å²) >= 11 is 1.81. The van der Waals surface area contributed by atoms with Gasteiger partial charge in [0.25, 0.3) is 0 Å². The predicted molar refractivity (Wildman–Crippen MR) is 123 cm³/mol. The molecule has 2 aliphatic heterocycles. The van der Waals surface area contributed by atoms with Gasteiger partial charge in [-0.1, -0.05) is 18.2 Å². The van der Waals surface area contributed by atoms with Gasteiger partial charge in [-0.2, -0.15) is 11.8 Å². The Hall–Kier alpha value is -1.45. The van der Waals surface area contributed by atoms with Crippen molar-refractivity contribution in [1.82, 2.24) is 14.9 Å². The van der Waals surface area contributed by atoms with Crippen molar-refractivity contribution in [2.45, 2.75) is 25.8 Å². The molecule has 3 rings (SSSR count). The van der Waals surface area contributed by atoms with E-state index < -0.39 is 10.0 Å². The van der Waals surface area contributed by atoms with E-state index in [0.717, 1.165) is 44.0 Å². The molecule has 2 saturated heterocycles. The number of sulfonamides is 1. The van der Waals surface area contributed by atoms with Crippen molar-refractivity contribution >= 4 is 33.4 Å². The molecule has 2 fully saturated rings. The molecule has 0 amide bonds. The van der Waals surface area contributed by atoms with Gasteiger partial charge >= 0.3 is 0 Å². The van der Waals surface area contributed by atoms with E-state index in [9.17, 15) is 8.42 Å². The Morgan fingerprint density at radius 2 is 1.97 bits per heavy atom. The van der Waals surface area contributed by atoms with Gasteiger partial charge in [-0.3, -0.25) is 4.99 Å². The minimum atomic E-state index is -3.22. The first-order valence-electron chi connectivity index (χ1n) is 10.5. The van der Waals surface area contributed by atoms with Gasteiger partial charge in [0.1, 0.15) is 0 Å². The Morgan fingerprint density at radius 1 is 1.21 bits per heavy atom. The van der Waals surface area contributed by atoms with E-state index in [2.05, 4.69) is 44.8 Å². The quantitative estimate of drug-likeness (QED) is 0.496. The number of anilines is 1. The first-order chi connectivity index (χ1) is 14.1. The minimum Gasteiger partial charge on any atom is -0.369 e. The van der Waals surface area contributed by atoms with Crippen LogP contribution in [0.2, 0.25) is 0 Å². The van der Waals surface area contributed by atoms with Crippen LogP contribution in [0.5, 0.6) is 0 Å². The summed E-state index contributed by atoms with van der Waals surface area (Å²) in [5.41, 5.74) is 1.24. The van der Waals surface area contributed by atoms with E-state index in [1.807, 2.05) is 24.8 Å². The summed E-state index contributed by atoms with van der Waals surface area (Å²) in [5, 5.41) is 6.77. The largest absolute Gasteiger partial charge is 0.369 e. The van der Waals surface area contributed by atoms with Crippen molar-refractivity contribution in [3.05, 3.63) is 30.3 Å². The Balaban J connectivity index is 1.54. The normalized spacial score (nSPS) is 21.8. The van der Waals surface area contributed by atoms with Gasteiger partial charge in [0.05, 0.1) is 12.3 Å². The average molecular weight is 440 g/mol. The number of nitrogens with one attached hydrogen (secondary N) is 2. The first kappa shape index (κ1) is 22.2. The maximum atomic E-state index is 12.5. The molecule has 2 heterocycles. The molecule has 162 valence electrons. The molecule has 0 aromatic heterocycles. The first-order valence-corrected chi connectivity index (χ1v) is 13.3. The Kier molecular flexibility index (Phi) is 8.50. The molecule has 1 aromatic rings. The van der Waals surface area contributed by atoms with Crippen LogP contribution in [0, 0.1) is 0 Å². The second-order valence-electron chi connectivity index (χ2n) is 7.35. The van der Waals surface area contributed by atoms with Crippen LogP contribution in [0.3, 0.4) is 0 Å². The maximum Gasteiger partial charge on any atom is 0.215 e. The fourth-order valence-electron chi connectivity index (χ4n) is 3.71. The van der Waals surface area contributed by atoms with Crippen molar-refractivity contribution in [2.24, 2.45) is 4.99 Å². The SMILES string of the molecule is CCNC(=NCCS(=O)(=O)N1CCSCC1)NC1CCCN(c2ccccc2)C1. The molecular weight excluding hydrogens is 406 g/mol. The Labute approximate surface area is 179 Å². The highest BCUT2D eigenvalue weighted by Gasteiger charge is 2.24. The number of guanidine groups is 1. The van der Waals surface area contributed by atoms with Crippen LogP contribution in [0.15, 0.2) is 35.3 Å². The van der Waals surface area contributed by atoms with Gasteiger partial charge in [-0.05, 0) is 31.9 Å². The third-order valence-electron chi connectivity index (χ3n) is 5.21. The molecule has 0 aliphatic carbocycles. The van der Waals surface area contributed by atoms with Crippen LogP contribution < -0.4 is 15.5 Å². The number of thioether (sulfide) groups is 1. The highest BCUT2D eigenvalue weighted by Crippen LogP contribution is 2.19. The second kappa shape index (κ2) is 11.1. The van der Waals surface area contributed by atoms with Gasteiger partial charge in [0.15, 0.2) is 5.96 Å². The fraction of sp³-hybridized carbons (Fsp3) is 0.650. The zero-order valence-electron chi connectivity index (χ0n) is 17.2. The summed E-state index contributed by atoms with van der Waals surface area (Å²) in [6, 6.07) is 10.8. The molecule has 29 heavy (non-hydrogen) atoms. The smallest absolute Gasteiger partial charge is 0.215 e. The molecule has 1 aromatic carbocycles. The topological polar surface area (TPSA) is 77.0 Å². The number of benzene rings is 1. The lowest BCUT2D eigenvalue weighted by Gasteiger charge is -2.35. The molecule has 0 bridgehead atoms. The number of piperidine rings is 1. The molecule has 0 spiro atoms. The standard InChI is InChI=1S/C20H33N5O2S2/c1-2-21-20(22-10-16-29(26,27)25-12-14-28-15-13-25)23-18-7-6-11-24(17-18)19-8-4-3-5-9-19/h3-5,8-9,18H,2,6-7,10-17H2,1H3,(H2,21,22,23). The Morgan fingerprint density at radius 3 is 2.69 bits per heavy atom. The average Bonchev–Trinajstić information content (AvgIpc) is 2.75. The van der Waals surface area contributed by atoms with Crippen molar-refractivity contribution in [3.63, 3.8) is 0 Å². The van der Waals surface area contributed by atoms with Gasteiger partial charge in [0, 0.05) is 56.0 Å². The highest BCUT2D eigenvalue weighted by molar-refractivity contribution is 7.99. The van der Waals surface area contributed by atoms with Gasteiger partial charge in [-0.15, -0.1) is 0 Å². The van der Waals surface area contributed by atoms with Crippen LogP contribution >= 0.6 is 11.8 Å². The van der Waals surface area contributed by atoms with Gasteiger partial charge < -0.3 is 15.5 Å². The number of para-hydroxylation sites is 1. The van der Waals surface area contributed by atoms with E-state index in [-0.39, 0.29) is 18.3 Å². The van der Waals surface area contributed by atoms with Crippen LogP contribution in [-0.4, -0.2) is 81.3 Å². The lowest BCUT2D eigenvalue weighted by atomic mass is 10.1. The molecule has 1 unspecified atom stereocenters. The Bertz CT molecular complexity index is 751. The maximum absolute atomic E-state index is 12.5. The zero-order chi connectivity index (χ0) is 20.5. The molecule has 1 atom stereocenters.